The van der Waals surface area contributed by atoms with Crippen LogP contribution in [0.5, 0.6) is 5.75 Å². The second-order valence-corrected chi connectivity index (χ2v) is 3.46. The van der Waals surface area contributed by atoms with Crippen molar-refractivity contribution >= 4 is 29.2 Å². The van der Waals surface area contributed by atoms with E-state index in [0.29, 0.717) is 11.3 Å². The SMILES string of the molecule is COc1cc(Cl)c(C(=O)O)c(C)c1Cl. The highest BCUT2D eigenvalue weighted by Crippen LogP contribution is 2.35. The molecule has 0 aliphatic carbocycles. The van der Waals surface area contributed by atoms with Gasteiger partial charge in [-0.1, -0.05) is 23.2 Å². The molecule has 0 fully saturated rings. The van der Waals surface area contributed by atoms with Gasteiger partial charge in [0.05, 0.1) is 22.7 Å². The Hall–Kier alpha value is -0.930. The molecule has 1 N–H and O–H groups in total. The Kier molecular flexibility index (Phi) is 3.24. The Bertz CT molecular complexity index is 388. The van der Waals surface area contributed by atoms with Crippen molar-refractivity contribution in [3.63, 3.8) is 0 Å². The van der Waals surface area contributed by atoms with Crippen LogP contribution in [-0.4, -0.2) is 18.2 Å². The van der Waals surface area contributed by atoms with Gasteiger partial charge in [-0.2, -0.15) is 0 Å². The van der Waals surface area contributed by atoms with Gasteiger partial charge >= 0.3 is 5.97 Å². The smallest absolute Gasteiger partial charge is 0.337 e. The molecule has 1 aromatic carbocycles. The summed E-state index contributed by atoms with van der Waals surface area (Å²) in [4.78, 5) is 10.8. The molecule has 1 aromatic rings. The van der Waals surface area contributed by atoms with E-state index in [1.807, 2.05) is 0 Å². The molecular formula is C9H8Cl2O3. The van der Waals surface area contributed by atoms with Crippen LogP contribution < -0.4 is 4.74 Å². The third-order valence-corrected chi connectivity index (χ3v) is 2.62. The van der Waals surface area contributed by atoms with Gasteiger partial charge in [0.15, 0.2) is 0 Å². The summed E-state index contributed by atoms with van der Waals surface area (Å²) in [6, 6.07) is 1.39. The molecule has 0 aliphatic rings. The number of hydrogen-bond acceptors (Lipinski definition) is 2. The second-order valence-electron chi connectivity index (χ2n) is 2.68. The van der Waals surface area contributed by atoms with Gasteiger partial charge in [0.25, 0.3) is 0 Å². The number of rotatable bonds is 2. The van der Waals surface area contributed by atoms with Crippen molar-refractivity contribution in [2.45, 2.75) is 6.92 Å². The van der Waals surface area contributed by atoms with Crippen molar-refractivity contribution in [1.29, 1.82) is 0 Å². The summed E-state index contributed by atoms with van der Waals surface area (Å²) in [7, 11) is 1.44. The summed E-state index contributed by atoms with van der Waals surface area (Å²) in [5.41, 5.74) is 0.418. The molecule has 0 atom stereocenters. The molecule has 0 bridgehead atoms. The van der Waals surface area contributed by atoms with Gasteiger partial charge in [-0.05, 0) is 12.5 Å². The molecule has 5 heteroatoms. The molecule has 1 rings (SSSR count). The number of aromatic carboxylic acids is 1. The Morgan fingerprint density at radius 2 is 2.07 bits per heavy atom. The first-order valence-corrected chi connectivity index (χ1v) is 4.50. The number of carboxylic acid groups (broad SMARTS) is 1. The lowest BCUT2D eigenvalue weighted by Gasteiger charge is -2.10. The lowest BCUT2D eigenvalue weighted by Crippen LogP contribution is -2.02. The molecule has 0 saturated heterocycles. The van der Waals surface area contributed by atoms with Crippen LogP contribution in [0.2, 0.25) is 10.0 Å². The largest absolute Gasteiger partial charge is 0.495 e. The second kappa shape index (κ2) is 4.07. The quantitative estimate of drug-likeness (QED) is 0.856. The highest BCUT2D eigenvalue weighted by atomic mass is 35.5. The molecule has 0 spiro atoms. The Balaban J connectivity index is 3.49. The Labute approximate surface area is 91.2 Å². The summed E-state index contributed by atoms with van der Waals surface area (Å²) in [6.45, 7) is 1.58. The fourth-order valence-corrected chi connectivity index (χ4v) is 1.68. The molecule has 14 heavy (non-hydrogen) atoms. The standard InChI is InChI=1S/C9H8Cl2O3/c1-4-7(9(12)13)5(10)3-6(14-2)8(4)11/h3H,1-2H3,(H,12,13). The molecule has 3 nitrogen and oxygen atoms in total. The third kappa shape index (κ3) is 1.79. The molecule has 0 unspecified atom stereocenters. The van der Waals surface area contributed by atoms with E-state index in [-0.39, 0.29) is 15.6 Å². The third-order valence-electron chi connectivity index (χ3n) is 1.85. The summed E-state index contributed by atoms with van der Waals surface area (Å²) >= 11 is 11.6. The van der Waals surface area contributed by atoms with Crippen molar-refractivity contribution in [2.75, 3.05) is 7.11 Å². The van der Waals surface area contributed by atoms with Crippen molar-refractivity contribution in [3.05, 3.63) is 27.2 Å². The highest BCUT2D eigenvalue weighted by Gasteiger charge is 2.18. The van der Waals surface area contributed by atoms with Crippen LogP contribution in [0, 0.1) is 6.92 Å². The van der Waals surface area contributed by atoms with Crippen LogP contribution in [0.25, 0.3) is 0 Å². The first-order chi connectivity index (χ1) is 6.49. The number of carbonyl (C=O) groups is 1. The monoisotopic (exact) mass is 234 g/mol. The Morgan fingerprint density at radius 3 is 2.50 bits per heavy atom. The van der Waals surface area contributed by atoms with Crippen molar-refractivity contribution in [1.82, 2.24) is 0 Å². The minimum atomic E-state index is -1.10. The minimum absolute atomic E-state index is 0.0115. The van der Waals surface area contributed by atoms with E-state index in [9.17, 15) is 4.79 Å². The molecule has 0 radical (unpaired) electrons. The maximum Gasteiger partial charge on any atom is 0.337 e. The van der Waals surface area contributed by atoms with Crippen LogP contribution >= 0.6 is 23.2 Å². The average Bonchev–Trinajstić information content (AvgIpc) is 2.10. The number of hydrogen-bond donors (Lipinski definition) is 1. The van der Waals surface area contributed by atoms with Gasteiger partial charge in [-0.15, -0.1) is 0 Å². The highest BCUT2D eigenvalue weighted by molar-refractivity contribution is 6.37. The summed E-state index contributed by atoms with van der Waals surface area (Å²) in [5, 5.41) is 9.24. The van der Waals surface area contributed by atoms with E-state index in [2.05, 4.69) is 0 Å². The van der Waals surface area contributed by atoms with E-state index in [4.69, 9.17) is 33.0 Å². The van der Waals surface area contributed by atoms with Gasteiger partial charge in [-0.3, -0.25) is 0 Å². The number of carboxylic acids is 1. The first kappa shape index (κ1) is 11.1. The maximum atomic E-state index is 10.8. The summed E-state index contributed by atoms with van der Waals surface area (Å²) < 4.78 is 4.93. The van der Waals surface area contributed by atoms with E-state index >= 15 is 0 Å². The lowest BCUT2D eigenvalue weighted by atomic mass is 10.1. The van der Waals surface area contributed by atoms with Gasteiger partial charge in [0, 0.05) is 6.07 Å². The van der Waals surface area contributed by atoms with E-state index < -0.39 is 5.97 Å². The zero-order valence-electron chi connectivity index (χ0n) is 7.60. The summed E-state index contributed by atoms with van der Waals surface area (Å²) in [5.74, 6) is -0.726. The Morgan fingerprint density at radius 1 is 1.50 bits per heavy atom. The van der Waals surface area contributed by atoms with Crippen molar-refractivity contribution < 1.29 is 14.6 Å². The fourth-order valence-electron chi connectivity index (χ4n) is 1.14. The zero-order valence-corrected chi connectivity index (χ0v) is 9.11. The van der Waals surface area contributed by atoms with Gasteiger partial charge in [-0.25, -0.2) is 4.79 Å². The molecule has 0 aliphatic heterocycles. The van der Waals surface area contributed by atoms with Crippen molar-refractivity contribution in [2.24, 2.45) is 0 Å². The molecule has 76 valence electrons. The molecular weight excluding hydrogens is 227 g/mol. The van der Waals surface area contributed by atoms with Crippen LogP contribution in [0.1, 0.15) is 15.9 Å². The van der Waals surface area contributed by atoms with E-state index in [1.54, 1.807) is 6.92 Å². The van der Waals surface area contributed by atoms with Crippen LogP contribution in [0.4, 0.5) is 0 Å². The topological polar surface area (TPSA) is 46.5 Å². The molecule has 0 heterocycles. The molecule has 0 amide bonds. The minimum Gasteiger partial charge on any atom is -0.495 e. The maximum absolute atomic E-state index is 10.8. The van der Waals surface area contributed by atoms with Gasteiger partial charge < -0.3 is 9.84 Å². The number of methoxy groups -OCH3 is 1. The molecule has 0 saturated carbocycles. The number of benzene rings is 1. The van der Waals surface area contributed by atoms with E-state index in [0.717, 1.165) is 0 Å². The molecule has 0 aromatic heterocycles. The van der Waals surface area contributed by atoms with Crippen molar-refractivity contribution in [3.8, 4) is 5.75 Å². The lowest BCUT2D eigenvalue weighted by molar-refractivity contribution is 0.0696. The predicted octanol–water partition coefficient (Wildman–Crippen LogP) is 3.01. The number of ether oxygens (including phenoxy) is 1. The normalized spacial score (nSPS) is 10.0. The van der Waals surface area contributed by atoms with Gasteiger partial charge in [0.2, 0.25) is 0 Å². The van der Waals surface area contributed by atoms with E-state index in [1.165, 1.54) is 13.2 Å². The first-order valence-electron chi connectivity index (χ1n) is 3.75. The fraction of sp³-hybridized carbons (Fsp3) is 0.222. The van der Waals surface area contributed by atoms with Crippen LogP contribution in [0.15, 0.2) is 6.07 Å². The van der Waals surface area contributed by atoms with Crippen LogP contribution in [0.3, 0.4) is 0 Å². The average molecular weight is 235 g/mol. The predicted molar refractivity (Wildman–Crippen MR) is 54.7 cm³/mol. The van der Waals surface area contributed by atoms with Crippen LogP contribution in [-0.2, 0) is 0 Å². The number of halogens is 2. The summed E-state index contributed by atoms with van der Waals surface area (Å²) in [6.07, 6.45) is 0. The zero-order chi connectivity index (χ0) is 10.9. The van der Waals surface area contributed by atoms with Gasteiger partial charge in [0.1, 0.15) is 5.75 Å².